The number of nitrogens with zero attached hydrogens (tertiary/aromatic N) is 2. The predicted octanol–water partition coefficient (Wildman–Crippen LogP) is 0.959. The van der Waals surface area contributed by atoms with Crippen molar-refractivity contribution in [1.82, 2.24) is 15.1 Å². The molecule has 19 heavy (non-hydrogen) atoms. The van der Waals surface area contributed by atoms with E-state index in [4.69, 9.17) is 5.11 Å². The molecule has 6 heteroatoms. The van der Waals surface area contributed by atoms with Crippen LogP contribution in [0.4, 0.5) is 0 Å². The molecule has 1 aliphatic rings. The van der Waals surface area contributed by atoms with Gasteiger partial charge in [0.1, 0.15) is 0 Å². The Kier molecular flexibility index (Phi) is 3.87. The van der Waals surface area contributed by atoms with Gasteiger partial charge < -0.3 is 10.4 Å². The number of rotatable bonds is 4. The van der Waals surface area contributed by atoms with E-state index in [1.54, 1.807) is 11.7 Å². The third kappa shape index (κ3) is 2.77. The van der Waals surface area contributed by atoms with Gasteiger partial charge in [0, 0.05) is 19.3 Å². The Morgan fingerprint density at radius 3 is 2.84 bits per heavy atom. The van der Waals surface area contributed by atoms with Crippen molar-refractivity contribution in [3.05, 3.63) is 17.5 Å². The molecular formula is C13H19N3O3. The molecule has 0 aliphatic heterocycles. The number of aromatic nitrogens is 2. The van der Waals surface area contributed by atoms with Crippen LogP contribution in [0.1, 0.15) is 35.3 Å². The van der Waals surface area contributed by atoms with Gasteiger partial charge in [0.2, 0.25) is 0 Å². The number of amides is 1. The first kappa shape index (κ1) is 13.6. The zero-order valence-electron chi connectivity index (χ0n) is 11.2. The molecule has 1 amide bonds. The van der Waals surface area contributed by atoms with Crippen LogP contribution in [0.15, 0.2) is 6.20 Å². The molecule has 1 aliphatic carbocycles. The molecule has 1 heterocycles. The monoisotopic (exact) mass is 265 g/mol. The van der Waals surface area contributed by atoms with Gasteiger partial charge in [0.25, 0.3) is 5.91 Å². The second kappa shape index (κ2) is 5.42. The first-order chi connectivity index (χ1) is 9.00. The van der Waals surface area contributed by atoms with Gasteiger partial charge in [-0.25, -0.2) is 0 Å². The summed E-state index contributed by atoms with van der Waals surface area (Å²) in [6, 6.07) is 0. The lowest BCUT2D eigenvalue weighted by atomic mass is 9.96. The van der Waals surface area contributed by atoms with E-state index in [-0.39, 0.29) is 17.7 Å². The molecule has 6 nitrogen and oxygen atoms in total. The van der Waals surface area contributed by atoms with Crippen LogP contribution in [0, 0.1) is 18.8 Å². The molecule has 1 aromatic rings. The quantitative estimate of drug-likeness (QED) is 0.849. The largest absolute Gasteiger partial charge is 0.481 e. The van der Waals surface area contributed by atoms with Crippen LogP contribution in [0.25, 0.3) is 0 Å². The maximum atomic E-state index is 12.0. The van der Waals surface area contributed by atoms with Gasteiger partial charge in [-0.2, -0.15) is 5.10 Å². The Morgan fingerprint density at radius 2 is 2.26 bits per heavy atom. The van der Waals surface area contributed by atoms with E-state index < -0.39 is 5.97 Å². The van der Waals surface area contributed by atoms with Crippen LogP contribution in [-0.4, -0.2) is 33.3 Å². The van der Waals surface area contributed by atoms with E-state index in [1.807, 2.05) is 6.92 Å². The molecule has 2 atom stereocenters. The molecule has 2 N–H and O–H groups in total. The summed E-state index contributed by atoms with van der Waals surface area (Å²) in [7, 11) is 1.78. The van der Waals surface area contributed by atoms with E-state index in [0.717, 1.165) is 18.5 Å². The first-order valence-electron chi connectivity index (χ1n) is 6.50. The minimum absolute atomic E-state index is 0.0402. The predicted molar refractivity (Wildman–Crippen MR) is 68.7 cm³/mol. The fourth-order valence-electron chi connectivity index (χ4n) is 2.65. The molecule has 1 aromatic heterocycles. The van der Waals surface area contributed by atoms with Crippen molar-refractivity contribution < 1.29 is 14.7 Å². The van der Waals surface area contributed by atoms with Crippen molar-refractivity contribution in [2.45, 2.75) is 26.2 Å². The number of hydrogen-bond acceptors (Lipinski definition) is 3. The molecule has 0 radical (unpaired) electrons. The number of aryl methyl sites for hydroxylation is 1. The summed E-state index contributed by atoms with van der Waals surface area (Å²) in [5.41, 5.74) is 1.35. The van der Waals surface area contributed by atoms with Crippen molar-refractivity contribution in [2.75, 3.05) is 6.54 Å². The summed E-state index contributed by atoms with van der Waals surface area (Å²) >= 11 is 0. The zero-order chi connectivity index (χ0) is 14.0. The van der Waals surface area contributed by atoms with Crippen LogP contribution >= 0.6 is 0 Å². The van der Waals surface area contributed by atoms with Gasteiger partial charge in [-0.05, 0) is 25.7 Å². The lowest BCUT2D eigenvalue weighted by Crippen LogP contribution is -2.33. The van der Waals surface area contributed by atoms with Crippen molar-refractivity contribution in [3.8, 4) is 0 Å². The highest BCUT2D eigenvalue weighted by molar-refractivity contribution is 5.95. The van der Waals surface area contributed by atoms with E-state index in [1.165, 1.54) is 6.20 Å². The summed E-state index contributed by atoms with van der Waals surface area (Å²) in [6.45, 7) is 2.25. The second-order valence-corrected chi connectivity index (χ2v) is 5.11. The Hall–Kier alpha value is -1.85. The number of carbonyl (C=O) groups is 2. The third-order valence-electron chi connectivity index (χ3n) is 3.98. The van der Waals surface area contributed by atoms with E-state index in [9.17, 15) is 9.59 Å². The molecule has 1 fully saturated rings. The lowest BCUT2D eigenvalue weighted by molar-refractivity contribution is -0.142. The molecule has 0 aromatic carbocycles. The number of carbonyl (C=O) groups excluding carboxylic acids is 1. The van der Waals surface area contributed by atoms with E-state index >= 15 is 0 Å². The molecule has 0 bridgehead atoms. The number of carboxylic acid groups (broad SMARTS) is 1. The van der Waals surface area contributed by atoms with Gasteiger partial charge in [0.15, 0.2) is 0 Å². The number of hydrogen-bond donors (Lipinski definition) is 2. The summed E-state index contributed by atoms with van der Waals surface area (Å²) in [5.74, 6) is -1.22. The molecule has 1 saturated carbocycles. The molecule has 0 spiro atoms. The van der Waals surface area contributed by atoms with Crippen molar-refractivity contribution in [2.24, 2.45) is 18.9 Å². The highest BCUT2D eigenvalue weighted by Crippen LogP contribution is 2.31. The third-order valence-corrected chi connectivity index (χ3v) is 3.98. The standard InChI is InChI=1S/C13H19N3O3/c1-8-11(7-15-16(8)2)12(17)14-6-9-4-3-5-10(9)13(18)19/h7,9-10H,3-6H2,1-2H3,(H,14,17)(H,18,19). The highest BCUT2D eigenvalue weighted by atomic mass is 16.4. The van der Waals surface area contributed by atoms with Crippen molar-refractivity contribution in [3.63, 3.8) is 0 Å². The van der Waals surface area contributed by atoms with Gasteiger partial charge in [0.05, 0.1) is 17.7 Å². The van der Waals surface area contributed by atoms with Gasteiger partial charge in [-0.1, -0.05) is 6.42 Å². The highest BCUT2D eigenvalue weighted by Gasteiger charge is 2.33. The van der Waals surface area contributed by atoms with Gasteiger partial charge >= 0.3 is 5.97 Å². The fourth-order valence-corrected chi connectivity index (χ4v) is 2.65. The van der Waals surface area contributed by atoms with Crippen molar-refractivity contribution in [1.29, 1.82) is 0 Å². The maximum absolute atomic E-state index is 12.0. The Balaban J connectivity index is 1.94. The van der Waals surface area contributed by atoms with Gasteiger partial charge in [-0.15, -0.1) is 0 Å². The van der Waals surface area contributed by atoms with Crippen LogP contribution in [0.5, 0.6) is 0 Å². The molecule has 104 valence electrons. The van der Waals surface area contributed by atoms with Crippen LogP contribution in [0.2, 0.25) is 0 Å². The lowest BCUT2D eigenvalue weighted by Gasteiger charge is -2.16. The zero-order valence-corrected chi connectivity index (χ0v) is 11.2. The molecule has 0 saturated heterocycles. The average Bonchev–Trinajstić information content (AvgIpc) is 2.95. The second-order valence-electron chi connectivity index (χ2n) is 5.11. The molecule has 2 unspecified atom stereocenters. The summed E-state index contributed by atoms with van der Waals surface area (Å²) < 4.78 is 1.64. The van der Waals surface area contributed by atoms with Crippen LogP contribution in [-0.2, 0) is 11.8 Å². The Morgan fingerprint density at radius 1 is 1.53 bits per heavy atom. The molecular weight excluding hydrogens is 246 g/mol. The minimum Gasteiger partial charge on any atom is -0.481 e. The topological polar surface area (TPSA) is 84.2 Å². The van der Waals surface area contributed by atoms with Crippen LogP contribution in [0.3, 0.4) is 0 Å². The number of nitrogens with one attached hydrogen (secondary N) is 1. The summed E-state index contributed by atoms with van der Waals surface area (Å²) in [6.07, 6.45) is 4.03. The van der Waals surface area contributed by atoms with Gasteiger partial charge in [-0.3, -0.25) is 14.3 Å². The van der Waals surface area contributed by atoms with E-state index in [2.05, 4.69) is 10.4 Å². The number of carboxylic acids is 1. The SMILES string of the molecule is Cc1c(C(=O)NCC2CCCC2C(=O)O)cnn1C. The summed E-state index contributed by atoms with van der Waals surface area (Å²) in [5, 5.41) is 15.9. The van der Waals surface area contributed by atoms with E-state index in [0.29, 0.717) is 18.5 Å². The Bertz CT molecular complexity index is 495. The maximum Gasteiger partial charge on any atom is 0.306 e. The van der Waals surface area contributed by atoms with Crippen LogP contribution < -0.4 is 5.32 Å². The first-order valence-corrected chi connectivity index (χ1v) is 6.50. The minimum atomic E-state index is -0.755. The molecule has 2 rings (SSSR count). The van der Waals surface area contributed by atoms with Crippen molar-refractivity contribution >= 4 is 11.9 Å². The summed E-state index contributed by atoms with van der Waals surface area (Å²) in [4.78, 5) is 23.1. The smallest absolute Gasteiger partial charge is 0.306 e. The average molecular weight is 265 g/mol. The Labute approximate surface area is 111 Å². The normalized spacial score (nSPS) is 22.4. The number of aliphatic carboxylic acids is 1. The fraction of sp³-hybridized carbons (Fsp3) is 0.615.